The molecule has 13 heavy (non-hydrogen) atoms. The molecule has 78 valence electrons. The summed E-state index contributed by atoms with van der Waals surface area (Å²) in [7, 11) is 0. The van der Waals surface area contributed by atoms with E-state index in [1.54, 1.807) is 0 Å². The molecule has 0 aromatic heterocycles. The summed E-state index contributed by atoms with van der Waals surface area (Å²) in [5.74, 6) is 0. The lowest BCUT2D eigenvalue weighted by Crippen LogP contribution is -2.38. The van der Waals surface area contributed by atoms with Crippen molar-refractivity contribution in [2.45, 2.75) is 44.6 Å². The monoisotopic (exact) mass is 247 g/mol. The Morgan fingerprint density at radius 2 is 1.69 bits per heavy atom. The fraction of sp³-hybridized carbons (Fsp3) is 0.636. The fourth-order valence-corrected chi connectivity index (χ4v) is 1.39. The highest BCUT2D eigenvalue weighted by atomic mass is 79.9. The molecule has 0 saturated carbocycles. The molecule has 0 aliphatic carbocycles. The molecular formula is C11H22BrN. The van der Waals surface area contributed by atoms with Gasteiger partial charge >= 0.3 is 0 Å². The lowest BCUT2D eigenvalue weighted by Gasteiger charge is -2.26. The molecule has 1 nitrogen and oxygen atoms in total. The van der Waals surface area contributed by atoms with Crippen LogP contribution in [0.4, 0.5) is 0 Å². The third-order valence-corrected chi connectivity index (χ3v) is 2.13. The van der Waals surface area contributed by atoms with E-state index >= 15 is 0 Å². The van der Waals surface area contributed by atoms with Crippen LogP contribution in [-0.4, -0.2) is 5.54 Å². The van der Waals surface area contributed by atoms with Gasteiger partial charge in [-0.2, -0.15) is 0 Å². The Bertz CT molecular complexity index is 133. The minimum absolute atomic E-state index is 0. The number of halogens is 1. The van der Waals surface area contributed by atoms with Gasteiger partial charge in [-0.3, -0.25) is 0 Å². The highest BCUT2D eigenvalue weighted by molar-refractivity contribution is 8.93. The lowest BCUT2D eigenvalue weighted by molar-refractivity contribution is 0.388. The van der Waals surface area contributed by atoms with Crippen LogP contribution in [0, 0.1) is 0 Å². The van der Waals surface area contributed by atoms with Crippen molar-refractivity contribution >= 4 is 17.0 Å². The first-order valence-corrected chi connectivity index (χ1v) is 4.69. The standard InChI is InChI=1S/C11H21N.BrH/c1-4-7-10-11(12,8-5-2)9-6-3;/h5-6H,2-4,7-10,12H2,1H3;1H. The van der Waals surface area contributed by atoms with E-state index in [9.17, 15) is 0 Å². The summed E-state index contributed by atoms with van der Waals surface area (Å²) < 4.78 is 0. The second kappa shape index (κ2) is 8.52. The summed E-state index contributed by atoms with van der Waals surface area (Å²) in [6.45, 7) is 9.63. The van der Waals surface area contributed by atoms with Crippen molar-refractivity contribution in [3.05, 3.63) is 25.3 Å². The molecule has 0 radical (unpaired) electrons. The summed E-state index contributed by atoms with van der Waals surface area (Å²) in [5.41, 5.74) is 6.08. The molecule has 0 atom stereocenters. The Hall–Kier alpha value is -0.0800. The Kier molecular flexibility index (Phi) is 10.1. The number of hydrogen-bond donors (Lipinski definition) is 1. The van der Waals surface area contributed by atoms with Crippen molar-refractivity contribution in [3.8, 4) is 0 Å². The average molecular weight is 248 g/mol. The largest absolute Gasteiger partial charge is 0.325 e. The van der Waals surface area contributed by atoms with Crippen LogP contribution >= 0.6 is 17.0 Å². The normalized spacial score (nSPS) is 10.3. The molecule has 0 fully saturated rings. The third kappa shape index (κ3) is 7.03. The smallest absolute Gasteiger partial charge is 0.0223 e. The van der Waals surface area contributed by atoms with Gasteiger partial charge in [0.1, 0.15) is 0 Å². The van der Waals surface area contributed by atoms with Gasteiger partial charge in [0, 0.05) is 5.54 Å². The van der Waals surface area contributed by atoms with Crippen LogP contribution in [0.25, 0.3) is 0 Å². The molecule has 0 aliphatic rings. The van der Waals surface area contributed by atoms with E-state index in [2.05, 4.69) is 20.1 Å². The summed E-state index contributed by atoms with van der Waals surface area (Å²) >= 11 is 0. The van der Waals surface area contributed by atoms with E-state index in [1.807, 2.05) is 12.2 Å². The maximum atomic E-state index is 6.16. The van der Waals surface area contributed by atoms with Crippen LogP contribution in [-0.2, 0) is 0 Å². The quantitative estimate of drug-likeness (QED) is 0.684. The van der Waals surface area contributed by atoms with E-state index in [0.29, 0.717) is 0 Å². The van der Waals surface area contributed by atoms with Crippen LogP contribution in [0.15, 0.2) is 25.3 Å². The molecule has 0 amide bonds. The van der Waals surface area contributed by atoms with Gasteiger partial charge in [-0.25, -0.2) is 0 Å². The van der Waals surface area contributed by atoms with E-state index in [-0.39, 0.29) is 22.5 Å². The summed E-state index contributed by atoms with van der Waals surface area (Å²) in [6, 6.07) is 0. The Morgan fingerprint density at radius 1 is 1.23 bits per heavy atom. The van der Waals surface area contributed by atoms with Crippen molar-refractivity contribution in [2.75, 3.05) is 0 Å². The molecule has 2 heteroatoms. The van der Waals surface area contributed by atoms with Crippen molar-refractivity contribution in [3.63, 3.8) is 0 Å². The second-order valence-electron chi connectivity index (χ2n) is 3.45. The Morgan fingerprint density at radius 3 is 2.00 bits per heavy atom. The van der Waals surface area contributed by atoms with Crippen molar-refractivity contribution in [1.82, 2.24) is 0 Å². The molecular weight excluding hydrogens is 226 g/mol. The van der Waals surface area contributed by atoms with E-state index < -0.39 is 0 Å². The van der Waals surface area contributed by atoms with Crippen LogP contribution < -0.4 is 5.73 Å². The van der Waals surface area contributed by atoms with Crippen LogP contribution in [0.3, 0.4) is 0 Å². The molecule has 0 rings (SSSR count). The van der Waals surface area contributed by atoms with Crippen LogP contribution in [0.5, 0.6) is 0 Å². The van der Waals surface area contributed by atoms with Gasteiger partial charge in [-0.1, -0.05) is 31.9 Å². The Labute approximate surface area is 92.9 Å². The molecule has 0 saturated heterocycles. The number of nitrogens with two attached hydrogens (primary N) is 1. The predicted octanol–water partition coefficient (Wildman–Crippen LogP) is 3.60. The molecule has 0 bridgehead atoms. The van der Waals surface area contributed by atoms with Crippen molar-refractivity contribution in [1.29, 1.82) is 0 Å². The zero-order valence-electron chi connectivity index (χ0n) is 8.59. The zero-order chi connectivity index (χ0) is 9.45. The molecule has 0 aromatic carbocycles. The number of rotatable bonds is 7. The molecule has 0 spiro atoms. The number of unbranched alkanes of at least 4 members (excludes halogenated alkanes) is 1. The molecule has 2 N–H and O–H groups in total. The van der Waals surface area contributed by atoms with E-state index in [4.69, 9.17) is 5.73 Å². The second-order valence-corrected chi connectivity index (χ2v) is 3.45. The molecule has 0 unspecified atom stereocenters. The van der Waals surface area contributed by atoms with Gasteiger partial charge in [-0.15, -0.1) is 30.1 Å². The SMILES string of the molecule is Br.C=CCC(N)(CC=C)CCCC. The molecule has 0 aromatic rings. The van der Waals surface area contributed by atoms with Gasteiger partial charge in [0.05, 0.1) is 0 Å². The maximum absolute atomic E-state index is 6.16. The minimum atomic E-state index is -0.0838. The first kappa shape index (κ1) is 15.4. The maximum Gasteiger partial charge on any atom is 0.0223 e. The Balaban J connectivity index is 0. The number of hydrogen-bond acceptors (Lipinski definition) is 1. The first-order chi connectivity index (χ1) is 5.68. The van der Waals surface area contributed by atoms with Crippen LogP contribution in [0.1, 0.15) is 39.0 Å². The molecule has 0 heterocycles. The third-order valence-electron chi connectivity index (χ3n) is 2.13. The topological polar surface area (TPSA) is 26.0 Å². The van der Waals surface area contributed by atoms with Gasteiger partial charge in [0.25, 0.3) is 0 Å². The van der Waals surface area contributed by atoms with E-state index in [0.717, 1.165) is 19.3 Å². The average Bonchev–Trinajstić information content (AvgIpc) is 2.02. The van der Waals surface area contributed by atoms with Crippen molar-refractivity contribution in [2.24, 2.45) is 5.73 Å². The summed E-state index contributed by atoms with van der Waals surface area (Å²) in [6.07, 6.45) is 9.04. The summed E-state index contributed by atoms with van der Waals surface area (Å²) in [5, 5.41) is 0. The van der Waals surface area contributed by atoms with Crippen molar-refractivity contribution < 1.29 is 0 Å². The van der Waals surface area contributed by atoms with Gasteiger partial charge in [0.15, 0.2) is 0 Å². The van der Waals surface area contributed by atoms with Crippen LogP contribution in [0.2, 0.25) is 0 Å². The minimum Gasteiger partial charge on any atom is -0.325 e. The van der Waals surface area contributed by atoms with E-state index in [1.165, 1.54) is 12.8 Å². The highest BCUT2D eigenvalue weighted by Crippen LogP contribution is 2.20. The fourth-order valence-electron chi connectivity index (χ4n) is 1.39. The summed E-state index contributed by atoms with van der Waals surface area (Å²) in [4.78, 5) is 0. The molecule has 0 aliphatic heterocycles. The van der Waals surface area contributed by atoms with Gasteiger partial charge in [0.2, 0.25) is 0 Å². The lowest BCUT2D eigenvalue weighted by atomic mass is 9.87. The first-order valence-electron chi connectivity index (χ1n) is 4.69. The predicted molar refractivity (Wildman–Crippen MR) is 66.4 cm³/mol. The van der Waals surface area contributed by atoms with Gasteiger partial charge in [-0.05, 0) is 19.3 Å². The van der Waals surface area contributed by atoms with Gasteiger partial charge < -0.3 is 5.73 Å². The zero-order valence-corrected chi connectivity index (χ0v) is 10.3. The highest BCUT2D eigenvalue weighted by Gasteiger charge is 2.20.